The molecule has 0 fully saturated rings. The predicted molar refractivity (Wildman–Crippen MR) is 132 cm³/mol. The molecule has 35 heavy (non-hydrogen) atoms. The molecule has 3 aromatic rings. The van der Waals surface area contributed by atoms with Gasteiger partial charge in [-0.1, -0.05) is 42.0 Å². The molecule has 1 amide bonds. The molecule has 2 heterocycles. The van der Waals surface area contributed by atoms with E-state index >= 15 is 0 Å². The first-order valence-electron chi connectivity index (χ1n) is 11.5. The Morgan fingerprint density at radius 3 is 2.49 bits per heavy atom. The van der Waals surface area contributed by atoms with Crippen molar-refractivity contribution in [3.63, 3.8) is 0 Å². The van der Waals surface area contributed by atoms with Gasteiger partial charge in [0.2, 0.25) is 15.9 Å². The molecule has 8 heteroatoms. The van der Waals surface area contributed by atoms with E-state index in [0.717, 1.165) is 22.3 Å². The summed E-state index contributed by atoms with van der Waals surface area (Å²) in [6.07, 6.45) is -0.323. The van der Waals surface area contributed by atoms with Crippen molar-refractivity contribution < 1.29 is 22.7 Å². The summed E-state index contributed by atoms with van der Waals surface area (Å²) in [7, 11) is -2.28. The van der Waals surface area contributed by atoms with Crippen molar-refractivity contribution >= 4 is 27.2 Å². The minimum Gasteiger partial charge on any atom is -0.485 e. The van der Waals surface area contributed by atoms with E-state index in [1.165, 1.54) is 13.1 Å². The van der Waals surface area contributed by atoms with E-state index in [4.69, 9.17) is 9.47 Å². The van der Waals surface area contributed by atoms with E-state index in [1.54, 1.807) is 12.1 Å². The van der Waals surface area contributed by atoms with Crippen molar-refractivity contribution in [2.24, 2.45) is 0 Å². The summed E-state index contributed by atoms with van der Waals surface area (Å²) in [4.78, 5) is 13.4. The maximum absolute atomic E-state index is 13.3. The SMILES string of the molecule is CNS(=O)(=O)c1ccc2c(c1)C(C1C(C)=C(C3COc4ccccc4O3)c3ccccc31)C(=O)N2. The van der Waals surface area contributed by atoms with Crippen LogP contribution in [0.3, 0.4) is 0 Å². The number of hydrogen-bond donors (Lipinski definition) is 2. The third kappa shape index (κ3) is 3.36. The van der Waals surface area contributed by atoms with E-state index in [1.807, 2.05) is 55.5 Å². The van der Waals surface area contributed by atoms with Crippen molar-refractivity contribution in [3.05, 3.63) is 89.0 Å². The number of anilines is 1. The summed E-state index contributed by atoms with van der Waals surface area (Å²) in [5.74, 6) is 0.442. The van der Waals surface area contributed by atoms with Gasteiger partial charge in [-0.2, -0.15) is 0 Å². The van der Waals surface area contributed by atoms with Crippen molar-refractivity contribution in [3.8, 4) is 11.5 Å². The molecule has 3 aliphatic rings. The zero-order chi connectivity index (χ0) is 24.3. The lowest BCUT2D eigenvalue weighted by Gasteiger charge is -2.28. The molecule has 0 radical (unpaired) electrons. The van der Waals surface area contributed by atoms with Gasteiger partial charge in [0.1, 0.15) is 6.61 Å². The van der Waals surface area contributed by atoms with E-state index in [-0.39, 0.29) is 22.8 Å². The molecule has 3 aromatic carbocycles. The maximum Gasteiger partial charge on any atom is 0.240 e. The molecule has 3 atom stereocenters. The Morgan fingerprint density at radius 2 is 1.69 bits per heavy atom. The molecular weight excluding hydrogens is 464 g/mol. The Labute approximate surface area is 203 Å². The number of sulfonamides is 1. The molecular formula is C27H24N2O5S. The standard InChI is InChI=1S/C27H24N2O5S/c1-15-24(23-14-33-21-9-5-6-10-22(21)34-23)17-7-3-4-8-18(17)25(15)26-19-13-16(35(31,32)28-2)11-12-20(19)29-27(26)30/h3-13,23,25-26,28H,14H2,1-2H3,(H,29,30). The first kappa shape index (κ1) is 21.9. The second-order valence-electron chi connectivity index (χ2n) is 8.95. The second kappa shape index (κ2) is 7.96. The molecule has 6 rings (SSSR count). The smallest absolute Gasteiger partial charge is 0.240 e. The molecule has 0 spiro atoms. The molecule has 0 aromatic heterocycles. The normalized spacial score (nSPS) is 22.6. The highest BCUT2D eigenvalue weighted by atomic mass is 32.2. The number of fused-ring (bicyclic) bond motifs is 3. The number of allylic oxidation sites excluding steroid dienone is 1. The van der Waals surface area contributed by atoms with Gasteiger partial charge in [-0.15, -0.1) is 0 Å². The molecule has 7 nitrogen and oxygen atoms in total. The first-order valence-corrected chi connectivity index (χ1v) is 12.9. The van der Waals surface area contributed by atoms with Gasteiger partial charge in [0.15, 0.2) is 17.6 Å². The Balaban J connectivity index is 1.46. The topological polar surface area (TPSA) is 93.7 Å². The van der Waals surface area contributed by atoms with Crippen LogP contribution in [0.15, 0.2) is 77.2 Å². The Bertz CT molecular complexity index is 1510. The van der Waals surface area contributed by atoms with Gasteiger partial charge in [0, 0.05) is 17.2 Å². The number of para-hydroxylation sites is 2. The summed E-state index contributed by atoms with van der Waals surface area (Å²) in [6.45, 7) is 2.39. The third-order valence-corrected chi connectivity index (χ3v) is 8.53. The van der Waals surface area contributed by atoms with Crippen LogP contribution in [0.4, 0.5) is 5.69 Å². The van der Waals surface area contributed by atoms with Crippen LogP contribution < -0.4 is 19.5 Å². The van der Waals surface area contributed by atoms with Crippen LogP contribution in [0.25, 0.3) is 5.57 Å². The van der Waals surface area contributed by atoms with Gasteiger partial charge in [-0.3, -0.25) is 4.79 Å². The molecule has 0 bridgehead atoms. The van der Waals surface area contributed by atoms with Gasteiger partial charge in [-0.05, 0) is 61.0 Å². The average molecular weight is 489 g/mol. The zero-order valence-electron chi connectivity index (χ0n) is 19.2. The van der Waals surface area contributed by atoms with Gasteiger partial charge < -0.3 is 14.8 Å². The Kier molecular flexibility index (Phi) is 4.98. The van der Waals surface area contributed by atoms with Crippen LogP contribution in [0, 0.1) is 0 Å². The average Bonchev–Trinajstić information content (AvgIpc) is 3.35. The van der Waals surface area contributed by atoms with Crippen molar-refractivity contribution in [1.29, 1.82) is 0 Å². The summed E-state index contributed by atoms with van der Waals surface area (Å²) < 4.78 is 39.7. The fourth-order valence-corrected chi connectivity index (χ4v) is 6.29. The van der Waals surface area contributed by atoms with Crippen molar-refractivity contribution in [2.45, 2.75) is 29.8 Å². The number of rotatable bonds is 4. The van der Waals surface area contributed by atoms with Gasteiger partial charge in [0.05, 0.1) is 10.8 Å². The number of ether oxygens (including phenoxy) is 2. The van der Waals surface area contributed by atoms with Crippen molar-refractivity contribution in [1.82, 2.24) is 4.72 Å². The summed E-state index contributed by atoms with van der Waals surface area (Å²) in [5, 5.41) is 2.95. The number of amides is 1. The van der Waals surface area contributed by atoms with Crippen LogP contribution in [0.1, 0.15) is 35.4 Å². The highest BCUT2D eigenvalue weighted by Crippen LogP contribution is 2.54. The van der Waals surface area contributed by atoms with E-state index in [2.05, 4.69) is 10.0 Å². The highest BCUT2D eigenvalue weighted by Gasteiger charge is 2.45. The van der Waals surface area contributed by atoms with Gasteiger partial charge in [-0.25, -0.2) is 13.1 Å². The number of nitrogens with one attached hydrogen (secondary N) is 2. The third-order valence-electron chi connectivity index (χ3n) is 7.12. The molecule has 0 saturated heterocycles. The van der Waals surface area contributed by atoms with E-state index < -0.39 is 15.9 Å². The van der Waals surface area contributed by atoms with Crippen LogP contribution in [-0.4, -0.2) is 34.1 Å². The van der Waals surface area contributed by atoms with E-state index in [0.29, 0.717) is 29.4 Å². The summed E-state index contributed by atoms with van der Waals surface area (Å²) >= 11 is 0. The van der Waals surface area contributed by atoms with Gasteiger partial charge >= 0.3 is 0 Å². The molecule has 178 valence electrons. The Hall–Kier alpha value is -3.62. The van der Waals surface area contributed by atoms with Crippen LogP contribution >= 0.6 is 0 Å². The maximum atomic E-state index is 13.3. The lowest BCUT2D eigenvalue weighted by atomic mass is 9.80. The summed E-state index contributed by atoms with van der Waals surface area (Å²) in [6, 6.07) is 20.4. The van der Waals surface area contributed by atoms with Crippen LogP contribution in [0.2, 0.25) is 0 Å². The van der Waals surface area contributed by atoms with Crippen molar-refractivity contribution in [2.75, 3.05) is 19.0 Å². The van der Waals surface area contributed by atoms with Crippen LogP contribution in [-0.2, 0) is 14.8 Å². The molecule has 2 N–H and O–H groups in total. The zero-order valence-corrected chi connectivity index (χ0v) is 20.1. The lowest BCUT2D eigenvalue weighted by molar-refractivity contribution is -0.117. The lowest BCUT2D eigenvalue weighted by Crippen LogP contribution is -2.30. The fraction of sp³-hybridized carbons (Fsp3) is 0.222. The molecule has 0 saturated carbocycles. The van der Waals surface area contributed by atoms with Gasteiger partial charge in [0.25, 0.3) is 0 Å². The number of carbonyl (C=O) groups is 1. The number of carbonyl (C=O) groups excluding carboxylic acids is 1. The second-order valence-corrected chi connectivity index (χ2v) is 10.8. The Morgan fingerprint density at radius 1 is 0.943 bits per heavy atom. The predicted octanol–water partition coefficient (Wildman–Crippen LogP) is 4.04. The minimum atomic E-state index is -3.65. The molecule has 1 aliphatic carbocycles. The minimum absolute atomic E-state index is 0.133. The highest BCUT2D eigenvalue weighted by molar-refractivity contribution is 7.89. The monoisotopic (exact) mass is 488 g/mol. The quantitative estimate of drug-likeness (QED) is 0.578. The fourth-order valence-electron chi connectivity index (χ4n) is 5.53. The number of hydrogen-bond acceptors (Lipinski definition) is 5. The number of benzene rings is 3. The molecule has 3 unspecified atom stereocenters. The summed E-state index contributed by atoms with van der Waals surface area (Å²) in [5.41, 5.74) is 5.41. The van der Waals surface area contributed by atoms with Crippen LogP contribution in [0.5, 0.6) is 11.5 Å². The van der Waals surface area contributed by atoms with E-state index in [9.17, 15) is 13.2 Å². The molecule has 2 aliphatic heterocycles. The first-order chi connectivity index (χ1) is 16.9. The largest absolute Gasteiger partial charge is 0.485 e.